The fourth-order valence-electron chi connectivity index (χ4n) is 1.69. The molecule has 0 aliphatic carbocycles. The van der Waals surface area contributed by atoms with E-state index in [2.05, 4.69) is 15.9 Å². The Balaban J connectivity index is 2.32. The minimum atomic E-state index is -0.176. The van der Waals surface area contributed by atoms with Gasteiger partial charge in [-0.15, -0.1) is 0 Å². The summed E-state index contributed by atoms with van der Waals surface area (Å²) in [6.45, 7) is 0. The van der Waals surface area contributed by atoms with Crippen LogP contribution >= 0.6 is 27.5 Å². The number of benzene rings is 2. The Morgan fingerprint density at radius 1 is 1.20 bits per heavy atom. The molecule has 0 radical (unpaired) electrons. The van der Waals surface area contributed by atoms with Crippen LogP contribution in [0.25, 0.3) is 5.03 Å². The maximum Gasteiger partial charge on any atom is 0.188 e. The Kier molecular flexibility index (Phi) is 4.99. The first kappa shape index (κ1) is 14.8. The van der Waals surface area contributed by atoms with Gasteiger partial charge in [-0.05, 0) is 23.8 Å². The molecule has 0 fully saturated rings. The minimum Gasteiger partial charge on any atom is -0.497 e. The average molecular weight is 352 g/mol. The van der Waals surface area contributed by atoms with Crippen molar-refractivity contribution in [3.8, 4) is 5.75 Å². The molecule has 0 bridgehead atoms. The summed E-state index contributed by atoms with van der Waals surface area (Å²) in [6.07, 6.45) is 1.41. The lowest BCUT2D eigenvalue weighted by molar-refractivity contribution is 0.104. The predicted molar refractivity (Wildman–Crippen MR) is 85.3 cm³/mol. The lowest BCUT2D eigenvalue weighted by Crippen LogP contribution is -1.98. The van der Waals surface area contributed by atoms with Crippen LogP contribution in [0.3, 0.4) is 0 Å². The molecular weight excluding hydrogens is 340 g/mol. The van der Waals surface area contributed by atoms with E-state index in [1.807, 2.05) is 30.3 Å². The predicted octanol–water partition coefficient (Wildman–Crippen LogP) is 4.92. The number of carbonyl (C=O) groups is 1. The molecule has 0 saturated heterocycles. The highest BCUT2D eigenvalue weighted by atomic mass is 79.9. The van der Waals surface area contributed by atoms with Crippen molar-refractivity contribution in [2.75, 3.05) is 7.11 Å². The molecule has 0 atom stereocenters. The van der Waals surface area contributed by atoms with Gasteiger partial charge in [0.05, 0.1) is 12.1 Å². The zero-order valence-corrected chi connectivity index (χ0v) is 13.1. The van der Waals surface area contributed by atoms with Crippen molar-refractivity contribution in [3.05, 3.63) is 70.2 Å². The monoisotopic (exact) mass is 350 g/mol. The van der Waals surface area contributed by atoms with Gasteiger partial charge in [0.1, 0.15) is 5.75 Å². The first-order chi connectivity index (χ1) is 9.61. The summed E-state index contributed by atoms with van der Waals surface area (Å²) in [6, 6.07) is 14.6. The zero-order valence-electron chi connectivity index (χ0n) is 10.8. The first-order valence-electron chi connectivity index (χ1n) is 5.92. The van der Waals surface area contributed by atoms with E-state index in [-0.39, 0.29) is 5.78 Å². The van der Waals surface area contributed by atoms with E-state index in [1.54, 1.807) is 25.3 Å². The van der Waals surface area contributed by atoms with E-state index in [1.165, 1.54) is 6.08 Å². The molecular formula is C16H12BrClO2. The van der Waals surface area contributed by atoms with Gasteiger partial charge in [-0.1, -0.05) is 57.9 Å². The van der Waals surface area contributed by atoms with Gasteiger partial charge >= 0.3 is 0 Å². The molecule has 2 aromatic rings. The molecule has 0 unspecified atom stereocenters. The standard InChI is InChI=1S/C16H12BrClO2/c1-20-12-7-8-14(17)13(9-12)16(19)10-15(18)11-5-3-2-4-6-11/h2-10H,1H3/b15-10-. The van der Waals surface area contributed by atoms with Crippen LogP contribution in [0.15, 0.2) is 59.1 Å². The van der Waals surface area contributed by atoms with Crippen molar-refractivity contribution in [2.45, 2.75) is 0 Å². The normalized spacial score (nSPS) is 11.2. The van der Waals surface area contributed by atoms with Crippen LogP contribution in [0.4, 0.5) is 0 Å². The third-order valence-corrected chi connectivity index (χ3v) is 3.77. The Bertz CT molecular complexity index is 651. The number of rotatable bonds is 4. The lowest BCUT2D eigenvalue weighted by atomic mass is 10.1. The molecule has 0 aromatic heterocycles. The van der Waals surface area contributed by atoms with E-state index >= 15 is 0 Å². The van der Waals surface area contributed by atoms with Gasteiger partial charge in [-0.25, -0.2) is 0 Å². The summed E-state index contributed by atoms with van der Waals surface area (Å²) >= 11 is 9.53. The molecule has 0 saturated carbocycles. The van der Waals surface area contributed by atoms with E-state index in [4.69, 9.17) is 16.3 Å². The third kappa shape index (κ3) is 3.50. The summed E-state index contributed by atoms with van der Waals surface area (Å²) in [4.78, 5) is 12.3. The fourth-order valence-corrected chi connectivity index (χ4v) is 2.36. The number of methoxy groups -OCH3 is 1. The quantitative estimate of drug-likeness (QED) is 0.577. The van der Waals surface area contributed by atoms with Gasteiger partial charge in [0.25, 0.3) is 0 Å². The second-order valence-electron chi connectivity index (χ2n) is 4.07. The molecule has 102 valence electrons. The van der Waals surface area contributed by atoms with E-state index in [9.17, 15) is 4.79 Å². The molecule has 0 heterocycles. The highest BCUT2D eigenvalue weighted by molar-refractivity contribution is 9.10. The Morgan fingerprint density at radius 3 is 2.55 bits per heavy atom. The average Bonchev–Trinajstić information content (AvgIpc) is 2.48. The number of ketones is 1. The molecule has 2 rings (SSSR count). The summed E-state index contributed by atoms with van der Waals surface area (Å²) in [5.74, 6) is 0.449. The highest BCUT2D eigenvalue weighted by Crippen LogP contribution is 2.25. The smallest absolute Gasteiger partial charge is 0.188 e. The van der Waals surface area contributed by atoms with Crippen LogP contribution in [-0.4, -0.2) is 12.9 Å². The van der Waals surface area contributed by atoms with Gasteiger partial charge < -0.3 is 4.74 Å². The van der Waals surface area contributed by atoms with Crippen LogP contribution in [-0.2, 0) is 0 Å². The van der Waals surface area contributed by atoms with Crippen LogP contribution in [0, 0.1) is 0 Å². The van der Waals surface area contributed by atoms with Crippen molar-refractivity contribution in [3.63, 3.8) is 0 Å². The third-order valence-electron chi connectivity index (χ3n) is 2.75. The summed E-state index contributed by atoms with van der Waals surface area (Å²) < 4.78 is 5.83. The molecule has 4 heteroatoms. The van der Waals surface area contributed by atoms with Crippen molar-refractivity contribution in [1.82, 2.24) is 0 Å². The first-order valence-corrected chi connectivity index (χ1v) is 7.09. The lowest BCUT2D eigenvalue weighted by Gasteiger charge is -2.05. The summed E-state index contributed by atoms with van der Waals surface area (Å²) in [7, 11) is 1.56. The van der Waals surface area contributed by atoms with Crippen molar-refractivity contribution in [2.24, 2.45) is 0 Å². The minimum absolute atomic E-state index is 0.176. The fraction of sp³-hybridized carbons (Fsp3) is 0.0625. The van der Waals surface area contributed by atoms with E-state index in [0.29, 0.717) is 20.8 Å². The van der Waals surface area contributed by atoms with Crippen molar-refractivity contribution in [1.29, 1.82) is 0 Å². The zero-order chi connectivity index (χ0) is 14.5. The number of halogens is 2. The van der Waals surface area contributed by atoms with Crippen molar-refractivity contribution >= 4 is 38.3 Å². The molecule has 2 aromatic carbocycles. The number of hydrogen-bond acceptors (Lipinski definition) is 2. The Labute approximate surface area is 131 Å². The van der Waals surface area contributed by atoms with Crippen LogP contribution in [0.2, 0.25) is 0 Å². The Hall–Kier alpha value is -1.58. The van der Waals surface area contributed by atoms with Gasteiger partial charge in [0.2, 0.25) is 0 Å². The Morgan fingerprint density at radius 2 is 1.90 bits per heavy atom. The molecule has 0 N–H and O–H groups in total. The molecule has 0 aliphatic rings. The van der Waals surface area contributed by atoms with Gasteiger partial charge in [0, 0.05) is 16.1 Å². The number of ether oxygens (including phenoxy) is 1. The van der Waals surface area contributed by atoms with Gasteiger partial charge in [0.15, 0.2) is 5.78 Å². The number of hydrogen-bond donors (Lipinski definition) is 0. The molecule has 0 spiro atoms. The summed E-state index contributed by atoms with van der Waals surface area (Å²) in [5.41, 5.74) is 1.32. The molecule has 20 heavy (non-hydrogen) atoms. The largest absolute Gasteiger partial charge is 0.497 e. The second kappa shape index (κ2) is 6.73. The van der Waals surface area contributed by atoms with Crippen LogP contribution < -0.4 is 4.74 Å². The maximum absolute atomic E-state index is 12.3. The van der Waals surface area contributed by atoms with Gasteiger partial charge in [-0.3, -0.25) is 4.79 Å². The van der Waals surface area contributed by atoms with E-state index < -0.39 is 0 Å². The molecule has 0 amide bonds. The highest BCUT2D eigenvalue weighted by Gasteiger charge is 2.10. The second-order valence-corrected chi connectivity index (χ2v) is 5.33. The topological polar surface area (TPSA) is 26.3 Å². The molecule has 0 aliphatic heterocycles. The SMILES string of the molecule is COc1ccc(Br)c(C(=O)/C=C(\Cl)c2ccccc2)c1. The van der Waals surface area contributed by atoms with Gasteiger partial charge in [-0.2, -0.15) is 0 Å². The van der Waals surface area contributed by atoms with E-state index in [0.717, 1.165) is 5.56 Å². The van der Waals surface area contributed by atoms with Crippen molar-refractivity contribution < 1.29 is 9.53 Å². The van der Waals surface area contributed by atoms with Crippen LogP contribution in [0.5, 0.6) is 5.75 Å². The number of carbonyl (C=O) groups excluding carboxylic acids is 1. The maximum atomic E-state index is 12.3. The molecule has 2 nitrogen and oxygen atoms in total. The number of allylic oxidation sites excluding steroid dienone is 1. The van der Waals surface area contributed by atoms with Crippen LogP contribution in [0.1, 0.15) is 15.9 Å². The summed E-state index contributed by atoms with van der Waals surface area (Å²) in [5, 5.41) is 0.408.